The highest BCUT2D eigenvalue weighted by atomic mass is 32.1. The van der Waals surface area contributed by atoms with Crippen LogP contribution in [0.25, 0.3) is 0 Å². The van der Waals surface area contributed by atoms with Gasteiger partial charge >= 0.3 is 5.97 Å². The fourth-order valence-corrected chi connectivity index (χ4v) is 2.28. The SMILES string of the molecule is CCCC[C@@H](CO)Nc1nc(N)ncc1OCc1cccc(C(=O)O)n1.S. The second kappa shape index (κ2) is 11.2. The first-order chi connectivity index (χ1) is 12.5. The lowest BCUT2D eigenvalue weighted by molar-refractivity contribution is 0.0690. The highest BCUT2D eigenvalue weighted by Crippen LogP contribution is 2.24. The first kappa shape index (κ1) is 22.5. The van der Waals surface area contributed by atoms with Crippen molar-refractivity contribution in [2.45, 2.75) is 38.8 Å². The normalized spacial score (nSPS) is 11.3. The second-order valence-corrected chi connectivity index (χ2v) is 5.72. The summed E-state index contributed by atoms with van der Waals surface area (Å²) in [6, 6.07) is 4.49. The maximum Gasteiger partial charge on any atom is 0.354 e. The molecule has 148 valence electrons. The highest BCUT2D eigenvalue weighted by Gasteiger charge is 2.14. The van der Waals surface area contributed by atoms with Gasteiger partial charge in [-0.3, -0.25) is 0 Å². The van der Waals surface area contributed by atoms with Gasteiger partial charge in [-0.25, -0.2) is 14.8 Å². The largest absolute Gasteiger partial charge is 0.482 e. The summed E-state index contributed by atoms with van der Waals surface area (Å²) in [6.45, 7) is 2.07. The van der Waals surface area contributed by atoms with Crippen molar-refractivity contribution in [1.29, 1.82) is 0 Å². The molecular weight excluding hydrogens is 370 g/mol. The third kappa shape index (κ3) is 6.91. The molecule has 2 aromatic heterocycles. The Kier molecular flexibility index (Phi) is 9.31. The monoisotopic (exact) mass is 395 g/mol. The number of aliphatic hydroxyl groups excluding tert-OH is 1. The van der Waals surface area contributed by atoms with E-state index < -0.39 is 5.97 Å². The summed E-state index contributed by atoms with van der Waals surface area (Å²) in [7, 11) is 0. The van der Waals surface area contributed by atoms with Crippen LogP contribution in [-0.2, 0) is 6.61 Å². The van der Waals surface area contributed by atoms with Crippen LogP contribution < -0.4 is 15.8 Å². The minimum atomic E-state index is -1.10. The van der Waals surface area contributed by atoms with Gasteiger partial charge in [-0.15, -0.1) is 0 Å². The number of nitrogens with two attached hydrogens (primary N) is 1. The van der Waals surface area contributed by atoms with Gasteiger partial charge in [0.15, 0.2) is 11.6 Å². The van der Waals surface area contributed by atoms with Gasteiger partial charge in [-0.1, -0.05) is 25.8 Å². The number of rotatable bonds is 10. The Labute approximate surface area is 164 Å². The van der Waals surface area contributed by atoms with Crippen LogP contribution in [0.2, 0.25) is 0 Å². The van der Waals surface area contributed by atoms with Gasteiger partial charge in [0.1, 0.15) is 12.3 Å². The van der Waals surface area contributed by atoms with Crippen molar-refractivity contribution < 1.29 is 19.7 Å². The van der Waals surface area contributed by atoms with Gasteiger partial charge in [0.2, 0.25) is 5.95 Å². The third-order valence-electron chi connectivity index (χ3n) is 3.64. The summed E-state index contributed by atoms with van der Waals surface area (Å²) >= 11 is 0. The fourth-order valence-electron chi connectivity index (χ4n) is 2.28. The Hall–Kier alpha value is -2.59. The van der Waals surface area contributed by atoms with E-state index in [-0.39, 0.29) is 44.4 Å². The minimum Gasteiger partial charge on any atom is -0.482 e. The Morgan fingerprint density at radius 1 is 1.37 bits per heavy atom. The van der Waals surface area contributed by atoms with Crippen molar-refractivity contribution in [3.8, 4) is 5.75 Å². The van der Waals surface area contributed by atoms with E-state index in [4.69, 9.17) is 15.6 Å². The van der Waals surface area contributed by atoms with Crippen molar-refractivity contribution >= 4 is 31.2 Å². The molecule has 9 nitrogen and oxygen atoms in total. The number of nitrogen functional groups attached to an aromatic ring is 1. The molecule has 2 rings (SSSR count). The molecule has 27 heavy (non-hydrogen) atoms. The predicted molar refractivity (Wildman–Crippen MR) is 106 cm³/mol. The van der Waals surface area contributed by atoms with Crippen LogP contribution >= 0.6 is 13.5 Å². The number of hydrogen-bond donors (Lipinski definition) is 4. The molecule has 0 radical (unpaired) electrons. The van der Waals surface area contributed by atoms with E-state index in [0.717, 1.165) is 19.3 Å². The zero-order valence-electron chi connectivity index (χ0n) is 15.1. The molecule has 2 heterocycles. The number of aromatic carboxylic acids is 1. The summed E-state index contributed by atoms with van der Waals surface area (Å²) < 4.78 is 5.68. The Morgan fingerprint density at radius 2 is 2.15 bits per heavy atom. The number of carboxylic acid groups (broad SMARTS) is 1. The standard InChI is InChI=1S/C17H23N5O4.H2S/c1-2-3-5-11(9-23)21-15-14(8-19-17(18)22-15)26-10-12-6-4-7-13(20-12)16(24)25;/h4,6-8,11,23H,2-3,5,9-10H2,1H3,(H,24,25)(H3,18,19,21,22);1H2/t11-;/m0./s1. The number of aliphatic hydroxyl groups is 1. The van der Waals surface area contributed by atoms with Crippen LogP contribution in [0, 0.1) is 0 Å². The minimum absolute atomic E-state index is 0. The van der Waals surface area contributed by atoms with Crippen LogP contribution in [0.1, 0.15) is 42.4 Å². The Bertz CT molecular complexity index is 747. The molecule has 5 N–H and O–H groups in total. The first-order valence-corrected chi connectivity index (χ1v) is 8.35. The summed E-state index contributed by atoms with van der Waals surface area (Å²) in [4.78, 5) is 23.0. The molecule has 0 aliphatic heterocycles. The van der Waals surface area contributed by atoms with E-state index in [1.54, 1.807) is 12.1 Å². The topological polar surface area (TPSA) is 143 Å². The molecule has 0 fully saturated rings. The van der Waals surface area contributed by atoms with Gasteiger partial charge < -0.3 is 26.0 Å². The Balaban J connectivity index is 0.00000364. The van der Waals surface area contributed by atoms with Crippen LogP contribution in [-0.4, -0.2) is 43.8 Å². The van der Waals surface area contributed by atoms with Crippen molar-refractivity contribution in [2.24, 2.45) is 0 Å². The van der Waals surface area contributed by atoms with Crippen molar-refractivity contribution in [1.82, 2.24) is 15.0 Å². The second-order valence-electron chi connectivity index (χ2n) is 5.72. The zero-order valence-corrected chi connectivity index (χ0v) is 16.1. The van der Waals surface area contributed by atoms with Crippen LogP contribution in [0.5, 0.6) is 5.75 Å². The van der Waals surface area contributed by atoms with Crippen molar-refractivity contribution in [3.63, 3.8) is 0 Å². The number of unbranched alkanes of at least 4 members (excludes halogenated alkanes) is 1. The molecule has 0 aromatic carbocycles. The van der Waals surface area contributed by atoms with Gasteiger partial charge in [0.05, 0.1) is 24.5 Å². The van der Waals surface area contributed by atoms with E-state index >= 15 is 0 Å². The Morgan fingerprint density at radius 3 is 2.81 bits per heavy atom. The van der Waals surface area contributed by atoms with Crippen molar-refractivity contribution in [2.75, 3.05) is 17.7 Å². The zero-order chi connectivity index (χ0) is 18.9. The third-order valence-corrected chi connectivity index (χ3v) is 3.64. The highest BCUT2D eigenvalue weighted by molar-refractivity contribution is 7.59. The van der Waals surface area contributed by atoms with Crippen LogP contribution in [0.15, 0.2) is 24.4 Å². The number of anilines is 2. The number of pyridine rings is 1. The van der Waals surface area contributed by atoms with Gasteiger partial charge in [0.25, 0.3) is 0 Å². The lowest BCUT2D eigenvalue weighted by Gasteiger charge is -2.19. The van der Waals surface area contributed by atoms with Crippen LogP contribution in [0.3, 0.4) is 0 Å². The molecule has 1 atom stereocenters. The molecule has 2 aromatic rings. The molecule has 0 amide bonds. The lowest BCUT2D eigenvalue weighted by Crippen LogP contribution is -2.25. The number of aromatic nitrogens is 3. The summed E-state index contributed by atoms with van der Waals surface area (Å²) in [5, 5.41) is 21.6. The number of nitrogens with zero attached hydrogens (tertiary/aromatic N) is 3. The van der Waals surface area contributed by atoms with Crippen LogP contribution in [0.4, 0.5) is 11.8 Å². The van der Waals surface area contributed by atoms with E-state index in [9.17, 15) is 9.90 Å². The maximum absolute atomic E-state index is 11.0. The van der Waals surface area contributed by atoms with E-state index in [2.05, 4.69) is 27.2 Å². The number of hydrogen-bond acceptors (Lipinski definition) is 8. The number of carboxylic acids is 1. The molecule has 0 aliphatic rings. The predicted octanol–water partition coefficient (Wildman–Crippen LogP) is 1.81. The summed E-state index contributed by atoms with van der Waals surface area (Å²) in [5.41, 5.74) is 6.05. The molecule has 0 aliphatic carbocycles. The number of carbonyl (C=O) groups is 1. The average Bonchev–Trinajstić information content (AvgIpc) is 2.64. The first-order valence-electron chi connectivity index (χ1n) is 8.35. The molecule has 10 heteroatoms. The summed E-state index contributed by atoms with van der Waals surface area (Å²) in [5.74, 6) is -0.302. The fraction of sp³-hybridized carbons (Fsp3) is 0.412. The molecule has 0 bridgehead atoms. The molecule has 0 saturated heterocycles. The molecule has 0 saturated carbocycles. The van der Waals surface area contributed by atoms with Gasteiger partial charge in [0, 0.05) is 0 Å². The van der Waals surface area contributed by atoms with E-state index in [0.29, 0.717) is 17.3 Å². The lowest BCUT2D eigenvalue weighted by atomic mass is 10.1. The van der Waals surface area contributed by atoms with Gasteiger partial charge in [-0.2, -0.15) is 18.5 Å². The number of nitrogens with one attached hydrogen (secondary N) is 1. The molecule has 0 unspecified atom stereocenters. The average molecular weight is 395 g/mol. The quantitative estimate of drug-likeness (QED) is 0.473. The molecule has 0 spiro atoms. The summed E-state index contributed by atoms with van der Waals surface area (Å²) in [6.07, 6.45) is 4.18. The maximum atomic E-state index is 11.0. The molecular formula is C17H25N5O4S. The van der Waals surface area contributed by atoms with Gasteiger partial charge in [-0.05, 0) is 18.6 Å². The number of ether oxygens (including phenoxy) is 1. The van der Waals surface area contributed by atoms with E-state index in [1.165, 1.54) is 12.3 Å². The smallest absolute Gasteiger partial charge is 0.354 e. The van der Waals surface area contributed by atoms with E-state index in [1.807, 2.05) is 0 Å². The van der Waals surface area contributed by atoms with Crippen molar-refractivity contribution in [3.05, 3.63) is 35.8 Å².